The van der Waals surface area contributed by atoms with Crippen molar-refractivity contribution in [2.45, 2.75) is 6.54 Å². The maximum absolute atomic E-state index is 12.5. The zero-order valence-corrected chi connectivity index (χ0v) is 16.3. The number of benzene rings is 2. The Kier molecular flexibility index (Phi) is 5.08. The highest BCUT2D eigenvalue weighted by Gasteiger charge is 2.26. The number of halogens is 1. The number of fused-ring (bicyclic) bond motifs is 1. The number of nitrogens with one attached hydrogen (secondary N) is 1. The summed E-state index contributed by atoms with van der Waals surface area (Å²) in [7, 11) is 0. The summed E-state index contributed by atoms with van der Waals surface area (Å²) >= 11 is 3.42. The van der Waals surface area contributed by atoms with E-state index in [1.54, 1.807) is 47.6 Å². The third kappa shape index (κ3) is 3.89. The number of pyridine rings is 1. The molecule has 0 radical (unpaired) electrons. The molecular formula is C21H16BrN3O3. The normalized spacial score (nSPS) is 12.9. The van der Waals surface area contributed by atoms with Crippen LogP contribution in [0.25, 0.3) is 0 Å². The van der Waals surface area contributed by atoms with Crippen LogP contribution in [-0.2, 0) is 11.3 Å². The van der Waals surface area contributed by atoms with Crippen molar-refractivity contribution in [2.24, 2.45) is 0 Å². The summed E-state index contributed by atoms with van der Waals surface area (Å²) < 4.78 is 6.53. The molecule has 0 unspecified atom stereocenters. The fraction of sp³-hybridized carbons (Fsp3) is 0.0952. The van der Waals surface area contributed by atoms with Crippen molar-refractivity contribution in [3.8, 4) is 5.75 Å². The number of nitrogens with zero attached hydrogens (tertiary/aromatic N) is 2. The molecule has 1 aromatic heterocycles. The molecule has 0 atom stereocenters. The molecule has 0 saturated carbocycles. The Morgan fingerprint density at radius 1 is 1.11 bits per heavy atom. The molecule has 0 saturated heterocycles. The van der Waals surface area contributed by atoms with Gasteiger partial charge in [0.05, 0.1) is 12.2 Å². The van der Waals surface area contributed by atoms with E-state index in [9.17, 15) is 9.59 Å². The first-order chi connectivity index (χ1) is 13.6. The molecule has 1 aliphatic rings. The highest BCUT2D eigenvalue weighted by Crippen LogP contribution is 2.35. The van der Waals surface area contributed by atoms with E-state index < -0.39 is 0 Å². The summed E-state index contributed by atoms with van der Waals surface area (Å²) in [6.45, 7) is 0.413. The first-order valence-corrected chi connectivity index (χ1v) is 9.42. The molecule has 2 heterocycles. The van der Waals surface area contributed by atoms with Crippen LogP contribution in [0, 0.1) is 0 Å². The number of hydrogen-bond donors (Lipinski definition) is 1. The van der Waals surface area contributed by atoms with Crippen molar-refractivity contribution in [1.82, 2.24) is 4.98 Å². The van der Waals surface area contributed by atoms with E-state index in [-0.39, 0.29) is 18.4 Å². The maximum Gasteiger partial charge on any atom is 0.265 e. The zero-order valence-electron chi connectivity index (χ0n) is 14.8. The lowest BCUT2D eigenvalue weighted by molar-refractivity contribution is -0.121. The quantitative estimate of drug-likeness (QED) is 0.668. The Hall–Kier alpha value is -3.19. The highest BCUT2D eigenvalue weighted by atomic mass is 79.9. The molecule has 3 aromatic rings. The van der Waals surface area contributed by atoms with E-state index in [0.29, 0.717) is 29.2 Å². The fourth-order valence-corrected chi connectivity index (χ4v) is 3.20. The van der Waals surface area contributed by atoms with Crippen molar-refractivity contribution >= 4 is 39.1 Å². The predicted octanol–water partition coefficient (Wildman–Crippen LogP) is 4.02. The third-order valence-electron chi connectivity index (χ3n) is 4.36. The molecule has 28 heavy (non-hydrogen) atoms. The second kappa shape index (κ2) is 7.82. The van der Waals surface area contributed by atoms with Gasteiger partial charge in [0.15, 0.2) is 6.61 Å². The maximum atomic E-state index is 12.5. The lowest BCUT2D eigenvalue weighted by Crippen LogP contribution is -2.38. The Morgan fingerprint density at radius 3 is 2.61 bits per heavy atom. The lowest BCUT2D eigenvalue weighted by Gasteiger charge is -2.30. The number of amides is 2. The molecule has 4 rings (SSSR count). The van der Waals surface area contributed by atoms with Crippen LogP contribution in [0.5, 0.6) is 5.75 Å². The van der Waals surface area contributed by atoms with Gasteiger partial charge in [0.1, 0.15) is 5.75 Å². The summed E-state index contributed by atoms with van der Waals surface area (Å²) in [6.07, 6.45) is 3.13. The molecule has 1 aliphatic heterocycles. The second-order valence-electron chi connectivity index (χ2n) is 6.27. The van der Waals surface area contributed by atoms with Crippen LogP contribution in [-0.4, -0.2) is 23.4 Å². The average molecular weight is 438 g/mol. The van der Waals surface area contributed by atoms with Crippen LogP contribution in [0.1, 0.15) is 15.9 Å². The smallest absolute Gasteiger partial charge is 0.265 e. The second-order valence-corrected chi connectivity index (χ2v) is 7.18. The fourth-order valence-electron chi connectivity index (χ4n) is 2.93. The van der Waals surface area contributed by atoms with Crippen LogP contribution in [0.15, 0.2) is 71.5 Å². The van der Waals surface area contributed by atoms with E-state index in [4.69, 9.17) is 4.74 Å². The van der Waals surface area contributed by atoms with E-state index in [0.717, 1.165) is 10.0 Å². The van der Waals surface area contributed by atoms with Gasteiger partial charge in [-0.25, -0.2) is 0 Å². The minimum atomic E-state index is -0.245. The molecule has 0 aliphatic carbocycles. The van der Waals surface area contributed by atoms with Crippen LogP contribution < -0.4 is 15.0 Å². The zero-order chi connectivity index (χ0) is 19.5. The molecule has 6 nitrogen and oxygen atoms in total. The first-order valence-electron chi connectivity index (χ1n) is 8.63. The van der Waals surface area contributed by atoms with Crippen molar-refractivity contribution in [2.75, 3.05) is 16.8 Å². The largest absolute Gasteiger partial charge is 0.482 e. The number of anilines is 2. The minimum Gasteiger partial charge on any atom is -0.482 e. The van der Waals surface area contributed by atoms with Crippen LogP contribution in [0.4, 0.5) is 11.4 Å². The molecule has 7 heteroatoms. The van der Waals surface area contributed by atoms with Gasteiger partial charge >= 0.3 is 0 Å². The minimum absolute atomic E-state index is 0.00769. The van der Waals surface area contributed by atoms with Gasteiger partial charge in [0, 0.05) is 28.1 Å². The molecule has 1 N–H and O–H groups in total. The van der Waals surface area contributed by atoms with Gasteiger partial charge in [-0.05, 0) is 48.0 Å². The van der Waals surface area contributed by atoms with Gasteiger partial charge in [-0.1, -0.05) is 28.1 Å². The summed E-state index contributed by atoms with van der Waals surface area (Å²) in [4.78, 5) is 30.5. The number of aromatic nitrogens is 1. The standard InChI is InChI=1S/C21H16BrN3O3/c22-16-3-1-14(2-4-16)12-25-18-11-17(5-6-19(18)28-13-20(25)26)24-21(27)15-7-9-23-10-8-15/h1-11H,12-13H2,(H,24,27). The molecule has 2 amide bonds. The van der Waals surface area contributed by atoms with E-state index >= 15 is 0 Å². The van der Waals surface area contributed by atoms with Crippen LogP contribution in [0.3, 0.4) is 0 Å². The van der Waals surface area contributed by atoms with Crippen molar-refractivity contribution in [3.63, 3.8) is 0 Å². The van der Waals surface area contributed by atoms with E-state index in [1.165, 1.54) is 0 Å². The van der Waals surface area contributed by atoms with Crippen molar-refractivity contribution < 1.29 is 14.3 Å². The number of carbonyl (C=O) groups is 2. The number of carbonyl (C=O) groups excluding carboxylic acids is 2. The van der Waals surface area contributed by atoms with Crippen molar-refractivity contribution in [3.05, 3.63) is 82.6 Å². The van der Waals surface area contributed by atoms with Gasteiger partial charge in [0.25, 0.3) is 11.8 Å². The van der Waals surface area contributed by atoms with E-state index in [2.05, 4.69) is 26.2 Å². The highest BCUT2D eigenvalue weighted by molar-refractivity contribution is 9.10. The van der Waals surface area contributed by atoms with Gasteiger partial charge in [-0.2, -0.15) is 0 Å². The van der Waals surface area contributed by atoms with E-state index in [1.807, 2.05) is 24.3 Å². The van der Waals surface area contributed by atoms with Gasteiger partial charge in [-0.15, -0.1) is 0 Å². The van der Waals surface area contributed by atoms with Gasteiger partial charge in [0.2, 0.25) is 0 Å². The Balaban J connectivity index is 1.60. The lowest BCUT2D eigenvalue weighted by atomic mass is 10.1. The Labute approximate surface area is 170 Å². The Bertz CT molecular complexity index is 1020. The molecule has 0 spiro atoms. The number of rotatable bonds is 4. The summed E-state index contributed by atoms with van der Waals surface area (Å²) in [5, 5.41) is 2.85. The molecule has 0 bridgehead atoms. The summed E-state index contributed by atoms with van der Waals surface area (Å²) in [6, 6.07) is 16.3. The third-order valence-corrected chi connectivity index (χ3v) is 4.88. The molecule has 2 aromatic carbocycles. The van der Waals surface area contributed by atoms with Crippen LogP contribution >= 0.6 is 15.9 Å². The van der Waals surface area contributed by atoms with Crippen molar-refractivity contribution in [1.29, 1.82) is 0 Å². The first kappa shape index (κ1) is 18.2. The Morgan fingerprint density at radius 2 is 1.86 bits per heavy atom. The average Bonchev–Trinajstić information content (AvgIpc) is 2.72. The van der Waals surface area contributed by atoms with Gasteiger partial charge < -0.3 is 15.0 Å². The van der Waals surface area contributed by atoms with Gasteiger partial charge in [-0.3, -0.25) is 14.6 Å². The topological polar surface area (TPSA) is 71.5 Å². The summed E-state index contributed by atoms with van der Waals surface area (Å²) in [5.74, 6) is 0.233. The number of hydrogen-bond acceptors (Lipinski definition) is 4. The molecular weight excluding hydrogens is 422 g/mol. The van der Waals surface area contributed by atoms with Crippen LogP contribution in [0.2, 0.25) is 0 Å². The SMILES string of the molecule is O=C(Nc1ccc2c(c1)N(Cc1ccc(Br)cc1)C(=O)CO2)c1ccncc1. The molecule has 140 valence electrons. The molecule has 0 fully saturated rings. The summed E-state index contributed by atoms with van der Waals surface area (Å²) in [5.41, 5.74) is 2.72. The number of ether oxygens (including phenoxy) is 1. The predicted molar refractivity (Wildman–Crippen MR) is 109 cm³/mol. The monoisotopic (exact) mass is 437 g/mol.